The molecule has 0 spiro atoms. The fourth-order valence-electron chi connectivity index (χ4n) is 2.47. The number of aliphatic hydroxyl groups is 1. The quantitative estimate of drug-likeness (QED) is 0.625. The molecule has 0 heterocycles. The number of amides is 1. The molecule has 0 aromatic heterocycles. The predicted octanol–water partition coefficient (Wildman–Crippen LogP) is 2.05. The van der Waals surface area contributed by atoms with Crippen molar-refractivity contribution in [1.29, 1.82) is 0 Å². The summed E-state index contributed by atoms with van der Waals surface area (Å²) in [5.74, 6) is 0.0611. The maximum Gasteiger partial charge on any atom is 0.412 e. The summed E-state index contributed by atoms with van der Waals surface area (Å²) in [5.41, 5.74) is 5.95. The van der Waals surface area contributed by atoms with Crippen LogP contribution in [0, 0.1) is 0 Å². The Hall–Kier alpha value is -1.79. The highest BCUT2D eigenvalue weighted by Crippen LogP contribution is 2.43. The normalized spacial score (nSPS) is 25.1. The first kappa shape index (κ1) is 15.6. The first-order chi connectivity index (χ1) is 9.59. The monoisotopic (exact) mass is 294 g/mol. The first-order valence-electron chi connectivity index (χ1n) is 6.89. The molecule has 6 nitrogen and oxygen atoms in total. The Morgan fingerprint density at radius 2 is 2.05 bits per heavy atom. The maximum absolute atomic E-state index is 11.9. The molecule has 1 aliphatic rings. The van der Waals surface area contributed by atoms with Crippen molar-refractivity contribution >= 4 is 11.8 Å². The molecule has 0 atom stereocenters. The Labute approximate surface area is 123 Å². The smallest absolute Gasteiger partial charge is 0.412 e. The molecule has 2 rings (SSSR count). The number of phenols is 1. The van der Waals surface area contributed by atoms with Gasteiger partial charge in [-0.15, -0.1) is 0 Å². The van der Waals surface area contributed by atoms with Gasteiger partial charge in [-0.1, -0.05) is 0 Å². The molecule has 1 amide bonds. The number of benzene rings is 1. The van der Waals surface area contributed by atoms with Crippen molar-refractivity contribution in [2.45, 2.75) is 50.9 Å². The fraction of sp³-hybridized carbons (Fsp3) is 0.533. The van der Waals surface area contributed by atoms with E-state index < -0.39 is 23.3 Å². The molecule has 6 heteroatoms. The van der Waals surface area contributed by atoms with Gasteiger partial charge in [0.15, 0.2) is 0 Å². The van der Waals surface area contributed by atoms with Crippen LogP contribution in [0.5, 0.6) is 5.75 Å². The summed E-state index contributed by atoms with van der Waals surface area (Å²) in [6.07, 6.45) is -0.261. The molecule has 1 fully saturated rings. The number of aromatic hydroxyl groups is 1. The van der Waals surface area contributed by atoms with E-state index in [2.05, 4.69) is 5.32 Å². The van der Waals surface area contributed by atoms with Gasteiger partial charge in [0.25, 0.3) is 0 Å². The molecule has 1 aromatic rings. The van der Waals surface area contributed by atoms with Crippen molar-refractivity contribution in [3.05, 3.63) is 23.8 Å². The second-order valence-corrected chi connectivity index (χ2v) is 6.57. The van der Waals surface area contributed by atoms with E-state index in [1.807, 2.05) is 0 Å². The number of carbonyl (C=O) groups is 1. The van der Waals surface area contributed by atoms with E-state index in [0.29, 0.717) is 24.1 Å². The Bertz CT molecular complexity index is 545. The Morgan fingerprint density at radius 3 is 2.57 bits per heavy atom. The van der Waals surface area contributed by atoms with Gasteiger partial charge >= 0.3 is 6.09 Å². The molecule has 116 valence electrons. The number of aliphatic hydroxyl groups excluding tert-OH is 1. The lowest BCUT2D eigenvalue weighted by molar-refractivity contribution is 0.0212. The first-order valence-corrected chi connectivity index (χ1v) is 6.89. The zero-order valence-electron chi connectivity index (χ0n) is 12.5. The van der Waals surface area contributed by atoms with Crippen molar-refractivity contribution < 1.29 is 19.7 Å². The van der Waals surface area contributed by atoms with Crippen LogP contribution in [0.25, 0.3) is 0 Å². The van der Waals surface area contributed by atoms with Gasteiger partial charge in [-0.05, 0) is 57.4 Å². The van der Waals surface area contributed by atoms with Gasteiger partial charge in [0, 0.05) is 11.2 Å². The number of phenolic OH excluding ortho intramolecular Hbond substituents is 1. The van der Waals surface area contributed by atoms with Crippen LogP contribution in [-0.4, -0.2) is 28.0 Å². The third-order valence-corrected chi connectivity index (χ3v) is 3.37. The third kappa shape index (κ3) is 3.65. The number of anilines is 1. The average Bonchev–Trinajstić information content (AvgIpc) is 2.27. The maximum atomic E-state index is 11.9. The molecule has 0 saturated heterocycles. The second-order valence-electron chi connectivity index (χ2n) is 6.57. The van der Waals surface area contributed by atoms with Crippen molar-refractivity contribution in [3.63, 3.8) is 0 Å². The lowest BCUT2D eigenvalue weighted by Crippen LogP contribution is -2.52. The number of carbonyl (C=O) groups excluding carboxylic acids is 1. The Morgan fingerprint density at radius 1 is 1.43 bits per heavy atom. The summed E-state index contributed by atoms with van der Waals surface area (Å²) in [6, 6.07) is 4.56. The van der Waals surface area contributed by atoms with Crippen LogP contribution in [0.2, 0.25) is 0 Å². The van der Waals surface area contributed by atoms with E-state index in [1.54, 1.807) is 26.8 Å². The van der Waals surface area contributed by atoms with Crippen molar-refractivity contribution in [2.75, 3.05) is 5.32 Å². The van der Waals surface area contributed by atoms with Crippen LogP contribution in [0.15, 0.2) is 18.2 Å². The summed E-state index contributed by atoms with van der Waals surface area (Å²) >= 11 is 0. The number of rotatable bonds is 2. The van der Waals surface area contributed by atoms with Gasteiger partial charge in [0.1, 0.15) is 11.4 Å². The highest BCUT2D eigenvalue weighted by molar-refractivity contribution is 5.86. The zero-order chi connectivity index (χ0) is 15.8. The third-order valence-electron chi connectivity index (χ3n) is 3.37. The predicted molar refractivity (Wildman–Crippen MR) is 79.1 cm³/mol. The highest BCUT2D eigenvalue weighted by atomic mass is 16.6. The molecule has 1 saturated carbocycles. The van der Waals surface area contributed by atoms with E-state index in [9.17, 15) is 15.0 Å². The summed E-state index contributed by atoms with van der Waals surface area (Å²) in [5, 5.41) is 21.8. The van der Waals surface area contributed by atoms with Crippen LogP contribution < -0.4 is 11.1 Å². The van der Waals surface area contributed by atoms with Crippen molar-refractivity contribution in [2.24, 2.45) is 5.73 Å². The molecular formula is C15H22N2O4. The minimum Gasteiger partial charge on any atom is -0.508 e. The van der Waals surface area contributed by atoms with Gasteiger partial charge in [-0.2, -0.15) is 0 Å². The largest absolute Gasteiger partial charge is 0.508 e. The van der Waals surface area contributed by atoms with Crippen LogP contribution in [0.3, 0.4) is 0 Å². The number of ether oxygens (including phenoxy) is 1. The number of nitrogens with two attached hydrogens (primary N) is 1. The van der Waals surface area contributed by atoms with Crippen LogP contribution in [0.1, 0.15) is 39.2 Å². The molecule has 0 aliphatic heterocycles. The fourth-order valence-corrected chi connectivity index (χ4v) is 2.47. The van der Waals surface area contributed by atoms with E-state index in [4.69, 9.17) is 10.5 Å². The number of nitrogens with one attached hydrogen (secondary N) is 1. The van der Waals surface area contributed by atoms with Crippen molar-refractivity contribution in [1.82, 2.24) is 0 Å². The lowest BCUT2D eigenvalue weighted by Gasteiger charge is -2.43. The second kappa shape index (κ2) is 5.20. The molecule has 21 heavy (non-hydrogen) atoms. The Balaban J connectivity index is 2.22. The minimum absolute atomic E-state index is 0.0611. The molecular weight excluding hydrogens is 272 g/mol. The van der Waals surface area contributed by atoms with E-state index in [1.165, 1.54) is 12.1 Å². The molecule has 0 bridgehead atoms. The van der Waals surface area contributed by atoms with Gasteiger partial charge in [-0.25, -0.2) is 4.79 Å². The molecule has 0 radical (unpaired) electrons. The SMILES string of the molecule is CC(C)(C)OC(=O)Nc1ccc(O)cc1C1(N)CC(O)C1. The van der Waals surface area contributed by atoms with Crippen LogP contribution >= 0.6 is 0 Å². The van der Waals surface area contributed by atoms with Gasteiger partial charge in [0.05, 0.1) is 6.10 Å². The summed E-state index contributed by atoms with van der Waals surface area (Å²) < 4.78 is 5.21. The summed E-state index contributed by atoms with van der Waals surface area (Å²) in [4.78, 5) is 11.9. The Kier molecular flexibility index (Phi) is 3.86. The standard InChI is InChI=1S/C15H22N2O4/c1-14(2,3)21-13(20)17-12-5-4-9(18)6-11(12)15(16)7-10(19)8-15/h4-6,10,18-19H,7-8,16H2,1-3H3,(H,17,20). The van der Waals surface area contributed by atoms with E-state index >= 15 is 0 Å². The van der Waals surface area contributed by atoms with E-state index in [-0.39, 0.29) is 5.75 Å². The topological polar surface area (TPSA) is 105 Å². The number of hydrogen-bond donors (Lipinski definition) is 4. The van der Waals surface area contributed by atoms with E-state index in [0.717, 1.165) is 0 Å². The summed E-state index contributed by atoms with van der Waals surface area (Å²) in [6.45, 7) is 5.32. The average molecular weight is 294 g/mol. The van der Waals surface area contributed by atoms with Gasteiger partial charge in [-0.3, -0.25) is 5.32 Å². The molecule has 5 N–H and O–H groups in total. The molecule has 0 unspecified atom stereocenters. The lowest BCUT2D eigenvalue weighted by atomic mass is 9.70. The highest BCUT2D eigenvalue weighted by Gasteiger charge is 2.43. The summed E-state index contributed by atoms with van der Waals surface area (Å²) in [7, 11) is 0. The van der Waals surface area contributed by atoms with Gasteiger partial charge < -0.3 is 20.7 Å². The van der Waals surface area contributed by atoms with Crippen LogP contribution in [0.4, 0.5) is 10.5 Å². The van der Waals surface area contributed by atoms with Gasteiger partial charge in [0.2, 0.25) is 0 Å². The molecule has 1 aliphatic carbocycles. The zero-order valence-corrected chi connectivity index (χ0v) is 12.5. The van der Waals surface area contributed by atoms with Crippen LogP contribution in [-0.2, 0) is 10.3 Å². The van der Waals surface area contributed by atoms with Crippen molar-refractivity contribution in [3.8, 4) is 5.75 Å². The minimum atomic E-state index is -0.748. The molecule has 1 aromatic carbocycles. The number of hydrogen-bond acceptors (Lipinski definition) is 5.